The maximum Gasteiger partial charge on any atom is 0.0830 e. The Kier molecular flexibility index (Phi) is 3.37. The first kappa shape index (κ1) is 10.9. The van der Waals surface area contributed by atoms with Crippen molar-refractivity contribution in [2.75, 3.05) is 0 Å². The predicted octanol–water partition coefficient (Wildman–Crippen LogP) is 3.27. The SMILES string of the molecule is Cc1ccccc1C[C@H](O)c1ccccc1. The summed E-state index contributed by atoms with van der Waals surface area (Å²) in [4.78, 5) is 0. The molecule has 1 N–H and O–H groups in total. The minimum Gasteiger partial charge on any atom is -0.388 e. The van der Waals surface area contributed by atoms with Gasteiger partial charge in [-0.15, -0.1) is 0 Å². The van der Waals surface area contributed by atoms with Gasteiger partial charge in [0, 0.05) is 6.42 Å². The molecule has 0 unspecified atom stereocenters. The lowest BCUT2D eigenvalue weighted by atomic mass is 9.98. The van der Waals surface area contributed by atoms with Crippen molar-refractivity contribution < 1.29 is 5.11 Å². The lowest BCUT2D eigenvalue weighted by Gasteiger charge is -2.12. The minimum atomic E-state index is -0.415. The molecule has 16 heavy (non-hydrogen) atoms. The third kappa shape index (κ3) is 2.50. The van der Waals surface area contributed by atoms with Gasteiger partial charge >= 0.3 is 0 Å². The molecule has 0 aliphatic heterocycles. The van der Waals surface area contributed by atoms with Crippen molar-refractivity contribution in [1.29, 1.82) is 0 Å². The van der Waals surface area contributed by atoms with Crippen molar-refractivity contribution >= 4 is 0 Å². The lowest BCUT2D eigenvalue weighted by Crippen LogP contribution is -2.02. The Morgan fingerprint density at radius 3 is 2.25 bits per heavy atom. The van der Waals surface area contributed by atoms with Crippen LogP contribution in [0.2, 0.25) is 0 Å². The molecule has 0 saturated carbocycles. The van der Waals surface area contributed by atoms with Gasteiger partial charge < -0.3 is 5.11 Å². The number of aliphatic hydroxyl groups excluding tert-OH is 1. The third-order valence-electron chi connectivity index (χ3n) is 2.86. The number of aliphatic hydroxyl groups is 1. The second kappa shape index (κ2) is 4.95. The van der Waals surface area contributed by atoms with Gasteiger partial charge in [-0.2, -0.15) is 0 Å². The number of hydrogen-bond donors (Lipinski definition) is 1. The Hall–Kier alpha value is -1.60. The van der Waals surface area contributed by atoms with Gasteiger partial charge in [0.1, 0.15) is 0 Å². The zero-order valence-electron chi connectivity index (χ0n) is 9.43. The first-order valence-corrected chi connectivity index (χ1v) is 5.55. The summed E-state index contributed by atoms with van der Waals surface area (Å²) in [6, 6.07) is 18.0. The Morgan fingerprint density at radius 1 is 0.938 bits per heavy atom. The van der Waals surface area contributed by atoms with Crippen molar-refractivity contribution in [3.8, 4) is 0 Å². The first-order chi connectivity index (χ1) is 7.77. The monoisotopic (exact) mass is 212 g/mol. The molecule has 0 heterocycles. The summed E-state index contributed by atoms with van der Waals surface area (Å²) in [5, 5.41) is 10.1. The van der Waals surface area contributed by atoms with Crippen LogP contribution in [0, 0.1) is 6.92 Å². The molecule has 2 aromatic carbocycles. The zero-order valence-corrected chi connectivity index (χ0v) is 9.43. The Labute approximate surface area is 96.4 Å². The van der Waals surface area contributed by atoms with Crippen molar-refractivity contribution in [1.82, 2.24) is 0 Å². The van der Waals surface area contributed by atoms with E-state index in [1.165, 1.54) is 11.1 Å². The van der Waals surface area contributed by atoms with Crippen LogP contribution in [0.5, 0.6) is 0 Å². The molecule has 0 bridgehead atoms. The van der Waals surface area contributed by atoms with Crippen LogP contribution in [-0.4, -0.2) is 5.11 Å². The number of rotatable bonds is 3. The van der Waals surface area contributed by atoms with Crippen LogP contribution >= 0.6 is 0 Å². The number of hydrogen-bond acceptors (Lipinski definition) is 1. The van der Waals surface area contributed by atoms with E-state index in [1.54, 1.807) is 0 Å². The van der Waals surface area contributed by atoms with E-state index in [0.29, 0.717) is 6.42 Å². The fraction of sp³-hybridized carbons (Fsp3) is 0.200. The molecule has 82 valence electrons. The van der Waals surface area contributed by atoms with E-state index in [9.17, 15) is 5.11 Å². The Bertz CT molecular complexity index is 448. The maximum absolute atomic E-state index is 10.1. The lowest BCUT2D eigenvalue weighted by molar-refractivity contribution is 0.178. The van der Waals surface area contributed by atoms with Gasteiger partial charge in [0.05, 0.1) is 6.10 Å². The highest BCUT2D eigenvalue weighted by Crippen LogP contribution is 2.19. The molecule has 0 amide bonds. The molecule has 2 rings (SSSR count). The van der Waals surface area contributed by atoms with Crippen LogP contribution in [0.3, 0.4) is 0 Å². The standard InChI is InChI=1S/C15H16O/c1-12-7-5-6-10-14(12)11-15(16)13-8-3-2-4-9-13/h2-10,15-16H,11H2,1H3/t15-/m0/s1. The van der Waals surface area contributed by atoms with Gasteiger partial charge in [-0.3, -0.25) is 0 Å². The van der Waals surface area contributed by atoms with Gasteiger partial charge in [0.15, 0.2) is 0 Å². The van der Waals surface area contributed by atoms with Crippen LogP contribution in [-0.2, 0) is 6.42 Å². The van der Waals surface area contributed by atoms with Gasteiger partial charge in [0.25, 0.3) is 0 Å². The van der Waals surface area contributed by atoms with E-state index >= 15 is 0 Å². The van der Waals surface area contributed by atoms with E-state index in [4.69, 9.17) is 0 Å². The highest BCUT2D eigenvalue weighted by molar-refractivity contribution is 5.28. The summed E-state index contributed by atoms with van der Waals surface area (Å²) in [7, 11) is 0. The fourth-order valence-electron chi connectivity index (χ4n) is 1.84. The average molecular weight is 212 g/mol. The van der Waals surface area contributed by atoms with Crippen LogP contribution in [0.1, 0.15) is 22.8 Å². The minimum absolute atomic E-state index is 0.415. The van der Waals surface area contributed by atoms with Crippen LogP contribution in [0.25, 0.3) is 0 Å². The molecule has 0 radical (unpaired) electrons. The molecular weight excluding hydrogens is 196 g/mol. The fourth-order valence-corrected chi connectivity index (χ4v) is 1.84. The van der Waals surface area contributed by atoms with Crippen LogP contribution < -0.4 is 0 Å². The normalized spacial score (nSPS) is 12.4. The molecule has 2 aromatic rings. The first-order valence-electron chi connectivity index (χ1n) is 5.55. The third-order valence-corrected chi connectivity index (χ3v) is 2.86. The summed E-state index contributed by atoms with van der Waals surface area (Å²) >= 11 is 0. The average Bonchev–Trinajstić information content (AvgIpc) is 2.33. The summed E-state index contributed by atoms with van der Waals surface area (Å²) in [5.74, 6) is 0. The molecule has 1 atom stereocenters. The van der Waals surface area contributed by atoms with Crippen LogP contribution in [0.15, 0.2) is 54.6 Å². The molecule has 0 aromatic heterocycles. The van der Waals surface area contributed by atoms with Gasteiger partial charge in [0.2, 0.25) is 0 Å². The van der Waals surface area contributed by atoms with Gasteiger partial charge in [-0.05, 0) is 23.6 Å². The summed E-state index contributed by atoms with van der Waals surface area (Å²) in [6.45, 7) is 2.08. The molecular formula is C15H16O. The smallest absolute Gasteiger partial charge is 0.0830 e. The number of benzene rings is 2. The molecule has 0 aliphatic carbocycles. The van der Waals surface area contributed by atoms with Crippen molar-refractivity contribution in [2.24, 2.45) is 0 Å². The Balaban J connectivity index is 2.14. The predicted molar refractivity (Wildman–Crippen MR) is 66.3 cm³/mol. The summed E-state index contributed by atoms with van der Waals surface area (Å²) in [5.41, 5.74) is 3.42. The topological polar surface area (TPSA) is 20.2 Å². The molecule has 1 heteroatoms. The van der Waals surface area contributed by atoms with Gasteiger partial charge in [-0.25, -0.2) is 0 Å². The highest BCUT2D eigenvalue weighted by atomic mass is 16.3. The van der Waals surface area contributed by atoms with E-state index in [2.05, 4.69) is 19.1 Å². The van der Waals surface area contributed by atoms with Crippen molar-refractivity contribution in [3.05, 3.63) is 71.3 Å². The molecule has 0 spiro atoms. The maximum atomic E-state index is 10.1. The van der Waals surface area contributed by atoms with Crippen LogP contribution in [0.4, 0.5) is 0 Å². The summed E-state index contributed by atoms with van der Waals surface area (Å²) in [6.07, 6.45) is 0.263. The zero-order chi connectivity index (χ0) is 11.4. The largest absolute Gasteiger partial charge is 0.388 e. The quantitative estimate of drug-likeness (QED) is 0.827. The number of aryl methyl sites for hydroxylation is 1. The van der Waals surface area contributed by atoms with E-state index in [1.807, 2.05) is 42.5 Å². The summed E-state index contributed by atoms with van der Waals surface area (Å²) < 4.78 is 0. The second-order valence-corrected chi connectivity index (χ2v) is 4.06. The highest BCUT2D eigenvalue weighted by Gasteiger charge is 2.08. The van der Waals surface area contributed by atoms with E-state index in [0.717, 1.165) is 5.56 Å². The second-order valence-electron chi connectivity index (χ2n) is 4.06. The Morgan fingerprint density at radius 2 is 1.56 bits per heavy atom. The van der Waals surface area contributed by atoms with Gasteiger partial charge in [-0.1, -0.05) is 54.6 Å². The van der Waals surface area contributed by atoms with Crippen molar-refractivity contribution in [3.63, 3.8) is 0 Å². The molecule has 0 fully saturated rings. The molecule has 0 saturated heterocycles. The van der Waals surface area contributed by atoms with E-state index in [-0.39, 0.29) is 0 Å². The van der Waals surface area contributed by atoms with Crippen molar-refractivity contribution in [2.45, 2.75) is 19.4 Å². The molecule has 0 aliphatic rings. The molecule has 1 nitrogen and oxygen atoms in total. The van der Waals surface area contributed by atoms with E-state index < -0.39 is 6.10 Å².